The minimum Gasteiger partial charge on any atom is -0.457 e. The number of carbonyl (C=O) groups is 2. The summed E-state index contributed by atoms with van der Waals surface area (Å²) in [6, 6.07) is 27.8. The van der Waals surface area contributed by atoms with Crippen molar-refractivity contribution < 1.29 is 23.1 Å². The van der Waals surface area contributed by atoms with Crippen LogP contribution >= 0.6 is 8.03 Å². The first-order valence-electron chi connectivity index (χ1n) is 15.1. The van der Waals surface area contributed by atoms with Crippen molar-refractivity contribution in [2.75, 3.05) is 52.5 Å². The summed E-state index contributed by atoms with van der Waals surface area (Å²) in [6.45, 7) is 11.9. The largest absolute Gasteiger partial charge is 0.457 e. The van der Waals surface area contributed by atoms with Crippen LogP contribution in [0.25, 0.3) is 11.1 Å². The fourth-order valence-corrected chi connectivity index (χ4v) is 7.30. The molecule has 3 aliphatic heterocycles. The maximum Gasteiger partial charge on any atom is 0.311 e. The average Bonchev–Trinajstić information content (AvgIpc) is 2.97. The number of carbonyl (C=O) groups excluding carboxylic acids is 2. The van der Waals surface area contributed by atoms with Gasteiger partial charge >= 0.3 is 5.97 Å². The van der Waals surface area contributed by atoms with Gasteiger partial charge in [0.05, 0.1) is 5.92 Å². The Balaban J connectivity index is 1.20. The summed E-state index contributed by atoms with van der Waals surface area (Å²) in [6.07, 6.45) is 1.43. The zero-order chi connectivity index (χ0) is 29.7. The van der Waals surface area contributed by atoms with Gasteiger partial charge in [0.1, 0.15) is 45.8 Å². The summed E-state index contributed by atoms with van der Waals surface area (Å²) in [5.74, 6) is -0.528. The maximum absolute atomic E-state index is 13.0. The molecule has 0 saturated carbocycles. The van der Waals surface area contributed by atoms with Gasteiger partial charge in [0.25, 0.3) is 5.91 Å². The lowest BCUT2D eigenvalue weighted by molar-refractivity contribution is -1.08. The van der Waals surface area contributed by atoms with Crippen molar-refractivity contribution in [2.45, 2.75) is 26.3 Å². The summed E-state index contributed by atoms with van der Waals surface area (Å²) in [7, 11) is 4.60. The van der Waals surface area contributed by atoms with E-state index in [0.29, 0.717) is 13.0 Å². The van der Waals surface area contributed by atoms with Crippen molar-refractivity contribution in [3.63, 3.8) is 0 Å². The summed E-state index contributed by atoms with van der Waals surface area (Å²) < 4.78 is 7.50. The number of piperazine rings is 3. The third-order valence-electron chi connectivity index (χ3n) is 9.48. The summed E-state index contributed by atoms with van der Waals surface area (Å²) in [4.78, 5) is 24.5. The van der Waals surface area contributed by atoms with Crippen LogP contribution in [0.4, 0.5) is 0 Å². The number of amides is 1. The third-order valence-corrected chi connectivity index (χ3v) is 9.94. The van der Waals surface area contributed by atoms with E-state index in [2.05, 4.69) is 67.6 Å². The molecule has 3 heterocycles. The van der Waals surface area contributed by atoms with Crippen LogP contribution in [-0.2, 0) is 33.5 Å². The fraction of sp³-hybridized carbons (Fsp3) is 0.412. The monoisotopic (exact) mass is 583 g/mol. The molecule has 218 valence electrons. The number of benzene rings is 3. The van der Waals surface area contributed by atoms with Crippen LogP contribution in [0.2, 0.25) is 0 Å². The van der Waals surface area contributed by atoms with Gasteiger partial charge in [0, 0.05) is 13.6 Å². The molecule has 8 heteroatoms. The van der Waals surface area contributed by atoms with Crippen molar-refractivity contribution in [1.29, 1.82) is 0 Å². The van der Waals surface area contributed by atoms with Crippen LogP contribution in [0.3, 0.4) is 0 Å². The van der Waals surface area contributed by atoms with E-state index in [0.717, 1.165) is 66.8 Å². The normalized spacial score (nSPS) is 23.6. The quantitative estimate of drug-likeness (QED) is 0.191. The van der Waals surface area contributed by atoms with Crippen LogP contribution in [-0.4, -0.2) is 80.9 Å². The molecule has 2 N–H and O–H groups in total. The van der Waals surface area contributed by atoms with Gasteiger partial charge in [-0.05, 0) is 47.7 Å². The highest BCUT2D eigenvalue weighted by Gasteiger charge is 2.49. The van der Waals surface area contributed by atoms with E-state index in [1.165, 1.54) is 22.3 Å². The van der Waals surface area contributed by atoms with E-state index >= 15 is 0 Å². The molecular weight excluding hydrogens is 540 g/mol. The third kappa shape index (κ3) is 7.50. The minimum absolute atomic E-state index is 0.106. The van der Waals surface area contributed by atoms with Gasteiger partial charge in [-0.25, -0.2) is 0 Å². The molecule has 6 nitrogen and oxygen atoms in total. The van der Waals surface area contributed by atoms with Crippen molar-refractivity contribution in [2.24, 2.45) is 17.6 Å². The Kier molecular flexibility index (Phi) is 9.52. The molecule has 2 bridgehead atoms. The van der Waals surface area contributed by atoms with Gasteiger partial charge in [-0.15, -0.1) is 0 Å². The van der Waals surface area contributed by atoms with E-state index < -0.39 is 8.03 Å². The van der Waals surface area contributed by atoms with Gasteiger partial charge in [-0.2, -0.15) is 0 Å². The van der Waals surface area contributed by atoms with Gasteiger partial charge in [0.15, 0.2) is 14.1 Å². The molecule has 3 aromatic rings. The molecule has 1 unspecified atom stereocenters. The summed E-state index contributed by atoms with van der Waals surface area (Å²) in [5.41, 5.74) is 11.6. The number of nitrogens with zero attached hydrogens (tertiary/aromatic N) is 2. The second-order valence-electron chi connectivity index (χ2n) is 12.6. The Morgan fingerprint density at radius 1 is 0.786 bits per heavy atom. The first-order valence-corrected chi connectivity index (χ1v) is 16.8. The minimum atomic E-state index is -1.24. The molecule has 42 heavy (non-hydrogen) atoms. The number of quaternary nitrogens is 2. The van der Waals surface area contributed by atoms with Gasteiger partial charge in [-0.1, -0.05) is 85.8 Å². The van der Waals surface area contributed by atoms with Crippen LogP contribution in [0, 0.1) is 11.8 Å². The second-order valence-corrected chi connectivity index (χ2v) is 13.9. The number of fused-ring (bicyclic) bond motifs is 3. The Morgan fingerprint density at radius 2 is 1.29 bits per heavy atom. The topological polar surface area (TPSA) is 69.4 Å². The van der Waals surface area contributed by atoms with E-state index in [1.54, 1.807) is 6.66 Å². The van der Waals surface area contributed by atoms with E-state index in [-0.39, 0.29) is 23.7 Å². The number of rotatable bonds is 12. The lowest BCUT2D eigenvalue weighted by atomic mass is 9.84. The molecule has 3 aromatic carbocycles. The Labute approximate surface area is 253 Å². The first-order chi connectivity index (χ1) is 20.1. The number of hydrogen-bond acceptors (Lipinski definition) is 3. The van der Waals surface area contributed by atoms with Crippen molar-refractivity contribution in [3.8, 4) is 11.1 Å². The Hall–Kier alpha value is -2.99. The molecule has 3 atom stereocenters. The van der Waals surface area contributed by atoms with Crippen molar-refractivity contribution in [1.82, 2.24) is 0 Å². The van der Waals surface area contributed by atoms with E-state index in [9.17, 15) is 9.59 Å². The molecule has 3 fully saturated rings. The highest BCUT2D eigenvalue weighted by molar-refractivity contribution is 7.77. The van der Waals surface area contributed by atoms with Crippen molar-refractivity contribution in [3.05, 3.63) is 95.6 Å². The zero-order valence-electron chi connectivity index (χ0n) is 25.0. The molecule has 2 radical (unpaired) electrons. The van der Waals surface area contributed by atoms with E-state index in [1.807, 2.05) is 18.2 Å². The van der Waals surface area contributed by atoms with Gasteiger partial charge in [0.2, 0.25) is 0 Å². The van der Waals surface area contributed by atoms with Crippen LogP contribution in [0.5, 0.6) is 0 Å². The smallest absolute Gasteiger partial charge is 0.311 e. The van der Waals surface area contributed by atoms with Crippen molar-refractivity contribution >= 4 is 27.5 Å². The number of nitrogens with two attached hydrogens (primary N) is 1. The lowest BCUT2D eigenvalue weighted by Gasteiger charge is -2.55. The standard InChI is InChI=1S/C34H42BN3O3P/c1-26(32(34(40)41-42(2)35)23-27-6-4-3-5-7-27)22-28-8-12-30(13-9-28)31-14-10-29(11-15-31)24-37-16-19-38(20-17-37,21-18-37)25-33(36)39/h3-15,26,32H,16-25H2,1-2H3,(H-,36,39)/q+1/p+1/t26-,32-,37?,38?,42?/m0/s1. The molecule has 0 aromatic heterocycles. The molecule has 3 saturated heterocycles. The molecular formula is C34H43BN3O3P+2. The molecule has 0 spiro atoms. The number of hydrogen-bond donors (Lipinski definition) is 1. The predicted octanol–water partition coefficient (Wildman–Crippen LogP) is 4.69. The lowest BCUT2D eigenvalue weighted by Crippen LogP contribution is -2.75. The fourth-order valence-electron chi connectivity index (χ4n) is 6.88. The summed E-state index contributed by atoms with van der Waals surface area (Å²) >= 11 is 0. The Morgan fingerprint density at radius 3 is 1.81 bits per heavy atom. The zero-order valence-corrected chi connectivity index (χ0v) is 25.8. The average molecular weight is 584 g/mol. The van der Waals surface area contributed by atoms with Crippen LogP contribution in [0.15, 0.2) is 78.9 Å². The molecule has 1 amide bonds. The first kappa shape index (κ1) is 30.5. The maximum atomic E-state index is 13.0. The highest BCUT2D eigenvalue weighted by atomic mass is 31.1. The number of primary amides is 1. The SMILES string of the molecule is [B]P(C)OC(=O)[C@@H](Cc1ccccc1)[C@@H](C)Cc1ccc(-c2ccc(C[N+]34CC[N+](CC(N)=O)(CC3)CC4)cc2)cc1. The molecule has 0 aliphatic carbocycles. The van der Waals surface area contributed by atoms with Crippen LogP contribution in [0.1, 0.15) is 23.6 Å². The van der Waals surface area contributed by atoms with Gasteiger partial charge < -0.3 is 19.2 Å². The van der Waals surface area contributed by atoms with Crippen LogP contribution < -0.4 is 5.73 Å². The predicted molar refractivity (Wildman–Crippen MR) is 171 cm³/mol. The van der Waals surface area contributed by atoms with Gasteiger partial charge in [-0.3, -0.25) is 9.59 Å². The Bertz CT molecular complexity index is 1340. The summed E-state index contributed by atoms with van der Waals surface area (Å²) in [5, 5.41) is 0. The molecule has 3 aliphatic rings. The second kappa shape index (κ2) is 13.1. The molecule has 6 rings (SSSR count). The van der Waals surface area contributed by atoms with E-state index in [4.69, 9.17) is 17.8 Å². The highest BCUT2D eigenvalue weighted by Crippen LogP contribution is 2.32.